The van der Waals surface area contributed by atoms with Gasteiger partial charge in [0.1, 0.15) is 0 Å². The molecular weight excluding hydrogens is 274 g/mol. The molecule has 1 saturated carbocycles. The van der Waals surface area contributed by atoms with Crippen molar-refractivity contribution in [2.24, 2.45) is 0 Å². The molecule has 0 spiro atoms. The molecule has 3 rings (SSSR count). The Bertz CT molecular complexity index is 534. The van der Waals surface area contributed by atoms with E-state index in [1.165, 1.54) is 18.4 Å². The second kappa shape index (κ2) is 6.41. The smallest absolute Gasteiger partial charge is 0.314 e. The normalized spacial score (nSPS) is 25.8. The highest BCUT2D eigenvalue weighted by Crippen LogP contribution is 2.45. The number of hydrogen-bond donors (Lipinski definition) is 1. The van der Waals surface area contributed by atoms with Gasteiger partial charge in [-0.2, -0.15) is 0 Å². The van der Waals surface area contributed by atoms with Crippen LogP contribution in [-0.2, 0) is 10.2 Å². The molecule has 1 saturated heterocycles. The fourth-order valence-electron chi connectivity index (χ4n) is 4.42. The Labute approximate surface area is 133 Å². The molecule has 3 heteroatoms. The van der Waals surface area contributed by atoms with Crippen molar-refractivity contribution in [2.45, 2.75) is 56.3 Å². The van der Waals surface area contributed by atoms with Gasteiger partial charge in [-0.15, -0.1) is 0 Å². The van der Waals surface area contributed by atoms with Gasteiger partial charge in [0.15, 0.2) is 0 Å². The van der Waals surface area contributed by atoms with E-state index in [0.717, 1.165) is 50.8 Å². The lowest BCUT2D eigenvalue weighted by atomic mass is 9.73. The summed E-state index contributed by atoms with van der Waals surface area (Å²) in [7, 11) is 2.18. The summed E-state index contributed by atoms with van der Waals surface area (Å²) in [6.07, 6.45) is 7.19. The summed E-state index contributed by atoms with van der Waals surface area (Å²) in [6, 6.07) is 8.38. The van der Waals surface area contributed by atoms with E-state index < -0.39 is 11.4 Å². The minimum absolute atomic E-state index is 0.512. The van der Waals surface area contributed by atoms with Gasteiger partial charge in [-0.1, -0.05) is 37.1 Å². The Morgan fingerprint density at radius 1 is 1.14 bits per heavy atom. The maximum absolute atomic E-state index is 12.1. The predicted molar refractivity (Wildman–Crippen MR) is 88.3 cm³/mol. The third-order valence-corrected chi connectivity index (χ3v) is 5.73. The molecule has 1 heterocycles. The lowest BCUT2D eigenvalue weighted by molar-refractivity contribution is -0.143. The van der Waals surface area contributed by atoms with Crippen molar-refractivity contribution in [3.8, 4) is 0 Å². The van der Waals surface area contributed by atoms with Crippen molar-refractivity contribution in [2.75, 3.05) is 20.1 Å². The number of rotatable bonds is 3. The first-order valence-electron chi connectivity index (χ1n) is 8.65. The standard InChI is InChI=1S/C19H27NO2/c1-20-13-6-7-15(10-14-20)16-8-2-3-9-17(16)19(18(21)22)11-4-5-12-19/h2-3,8-9,15H,4-7,10-14H2,1H3,(H,21,22). The van der Waals surface area contributed by atoms with Gasteiger partial charge in [-0.25, -0.2) is 0 Å². The van der Waals surface area contributed by atoms with Crippen LogP contribution < -0.4 is 0 Å². The minimum atomic E-state index is -0.630. The van der Waals surface area contributed by atoms with Crippen LogP contribution in [0.15, 0.2) is 24.3 Å². The molecule has 0 bridgehead atoms. The van der Waals surface area contributed by atoms with Gasteiger partial charge in [0.2, 0.25) is 0 Å². The van der Waals surface area contributed by atoms with Gasteiger partial charge in [0.05, 0.1) is 5.41 Å². The van der Waals surface area contributed by atoms with Crippen molar-refractivity contribution in [1.82, 2.24) is 4.90 Å². The van der Waals surface area contributed by atoms with Gasteiger partial charge >= 0.3 is 5.97 Å². The molecule has 1 aromatic rings. The van der Waals surface area contributed by atoms with Gasteiger partial charge in [-0.3, -0.25) is 4.79 Å². The number of carbonyl (C=O) groups is 1. The van der Waals surface area contributed by atoms with E-state index in [0.29, 0.717) is 5.92 Å². The molecule has 1 unspecified atom stereocenters. The molecule has 0 aromatic heterocycles. The second-order valence-electron chi connectivity index (χ2n) is 7.11. The molecule has 22 heavy (non-hydrogen) atoms. The molecule has 2 aliphatic rings. The lowest BCUT2D eigenvalue weighted by Crippen LogP contribution is -2.34. The molecule has 1 aromatic carbocycles. The first-order chi connectivity index (χ1) is 10.6. The highest BCUT2D eigenvalue weighted by atomic mass is 16.4. The van der Waals surface area contributed by atoms with Crippen molar-refractivity contribution in [1.29, 1.82) is 0 Å². The van der Waals surface area contributed by atoms with E-state index in [9.17, 15) is 9.90 Å². The Morgan fingerprint density at radius 2 is 1.86 bits per heavy atom. The van der Waals surface area contributed by atoms with Crippen LogP contribution in [0.2, 0.25) is 0 Å². The second-order valence-corrected chi connectivity index (χ2v) is 7.11. The van der Waals surface area contributed by atoms with Crippen molar-refractivity contribution >= 4 is 5.97 Å². The first kappa shape index (κ1) is 15.5. The number of aliphatic carboxylic acids is 1. The first-order valence-corrected chi connectivity index (χ1v) is 8.65. The monoisotopic (exact) mass is 301 g/mol. The number of carboxylic acid groups (broad SMARTS) is 1. The largest absolute Gasteiger partial charge is 0.481 e. The Hall–Kier alpha value is -1.35. The van der Waals surface area contributed by atoms with Gasteiger partial charge in [0.25, 0.3) is 0 Å². The van der Waals surface area contributed by atoms with Crippen molar-refractivity contribution in [3.05, 3.63) is 35.4 Å². The van der Waals surface area contributed by atoms with Crippen LogP contribution in [0.1, 0.15) is 62.0 Å². The average Bonchev–Trinajstić information content (AvgIpc) is 2.92. The number of carboxylic acids is 1. The summed E-state index contributed by atoms with van der Waals surface area (Å²) in [6.45, 7) is 2.27. The zero-order valence-corrected chi connectivity index (χ0v) is 13.6. The third-order valence-electron chi connectivity index (χ3n) is 5.73. The Kier molecular flexibility index (Phi) is 4.53. The summed E-state index contributed by atoms with van der Waals surface area (Å²) < 4.78 is 0. The third kappa shape index (κ3) is 2.79. The highest BCUT2D eigenvalue weighted by Gasteiger charge is 2.44. The number of likely N-dealkylation sites (tertiary alicyclic amines) is 1. The van der Waals surface area contributed by atoms with Gasteiger partial charge in [-0.05, 0) is 69.3 Å². The van der Waals surface area contributed by atoms with Crippen LogP contribution in [0.25, 0.3) is 0 Å². The number of nitrogens with zero attached hydrogens (tertiary/aromatic N) is 1. The average molecular weight is 301 g/mol. The lowest BCUT2D eigenvalue weighted by Gasteiger charge is -2.30. The maximum Gasteiger partial charge on any atom is 0.314 e. The van der Waals surface area contributed by atoms with E-state index in [-0.39, 0.29) is 0 Å². The number of benzene rings is 1. The van der Waals surface area contributed by atoms with Crippen LogP contribution in [0.5, 0.6) is 0 Å². The molecule has 1 N–H and O–H groups in total. The van der Waals surface area contributed by atoms with Crippen molar-refractivity contribution < 1.29 is 9.90 Å². The van der Waals surface area contributed by atoms with Gasteiger partial charge < -0.3 is 10.0 Å². The fraction of sp³-hybridized carbons (Fsp3) is 0.632. The van der Waals surface area contributed by atoms with Crippen LogP contribution in [0.4, 0.5) is 0 Å². The predicted octanol–water partition coefficient (Wildman–Crippen LogP) is 3.78. The summed E-state index contributed by atoms with van der Waals surface area (Å²) in [5, 5.41) is 9.93. The van der Waals surface area contributed by atoms with Crippen LogP contribution in [0, 0.1) is 0 Å². The van der Waals surface area contributed by atoms with E-state index in [2.05, 4.69) is 30.1 Å². The SMILES string of the molecule is CN1CCCC(c2ccccc2C2(C(=O)O)CCCC2)CC1. The quantitative estimate of drug-likeness (QED) is 0.923. The van der Waals surface area contributed by atoms with Crippen LogP contribution in [0.3, 0.4) is 0 Å². The topological polar surface area (TPSA) is 40.5 Å². The summed E-state index contributed by atoms with van der Waals surface area (Å²) in [5.74, 6) is -0.110. The fourth-order valence-corrected chi connectivity index (χ4v) is 4.42. The molecule has 1 atom stereocenters. The summed E-state index contributed by atoms with van der Waals surface area (Å²) in [4.78, 5) is 14.5. The zero-order valence-electron chi connectivity index (χ0n) is 13.6. The van der Waals surface area contributed by atoms with Gasteiger partial charge in [0, 0.05) is 0 Å². The van der Waals surface area contributed by atoms with E-state index in [1.54, 1.807) is 0 Å². The molecule has 0 radical (unpaired) electrons. The molecule has 3 nitrogen and oxygen atoms in total. The number of hydrogen-bond acceptors (Lipinski definition) is 2. The summed E-state index contributed by atoms with van der Waals surface area (Å²) >= 11 is 0. The van der Waals surface area contributed by atoms with Crippen molar-refractivity contribution in [3.63, 3.8) is 0 Å². The summed E-state index contributed by atoms with van der Waals surface area (Å²) in [5.41, 5.74) is 1.78. The molecule has 2 fully saturated rings. The molecule has 120 valence electrons. The zero-order chi connectivity index (χ0) is 15.6. The molecule has 1 aliphatic carbocycles. The Balaban J connectivity index is 1.97. The van der Waals surface area contributed by atoms with E-state index in [4.69, 9.17) is 0 Å². The van der Waals surface area contributed by atoms with E-state index in [1.807, 2.05) is 6.07 Å². The highest BCUT2D eigenvalue weighted by molar-refractivity contribution is 5.82. The van der Waals surface area contributed by atoms with Crippen LogP contribution in [-0.4, -0.2) is 36.1 Å². The van der Waals surface area contributed by atoms with Crippen LogP contribution >= 0.6 is 0 Å². The molecule has 1 aliphatic heterocycles. The molecular formula is C19H27NO2. The minimum Gasteiger partial charge on any atom is -0.481 e. The van der Waals surface area contributed by atoms with E-state index >= 15 is 0 Å². The molecule has 0 amide bonds. The Morgan fingerprint density at radius 3 is 2.59 bits per heavy atom. The maximum atomic E-state index is 12.1.